The van der Waals surface area contributed by atoms with Crippen molar-refractivity contribution in [3.63, 3.8) is 0 Å². The minimum absolute atomic E-state index is 0.0154. The summed E-state index contributed by atoms with van der Waals surface area (Å²) in [7, 11) is 1.78. The molecule has 0 unspecified atom stereocenters. The van der Waals surface area contributed by atoms with Crippen LogP contribution in [0.25, 0.3) is 0 Å². The molecule has 1 aromatic rings. The zero-order valence-corrected chi connectivity index (χ0v) is 9.78. The Balaban J connectivity index is 2.68. The minimum Gasteiger partial charge on any atom is -0.371 e. The predicted molar refractivity (Wildman–Crippen MR) is 58.0 cm³/mol. The lowest BCUT2D eigenvalue weighted by Crippen LogP contribution is -2.16. The number of nitrogens with zero attached hydrogens (tertiary/aromatic N) is 2. The third kappa shape index (κ3) is 3.16. The van der Waals surface area contributed by atoms with Crippen LogP contribution >= 0.6 is 0 Å². The summed E-state index contributed by atoms with van der Waals surface area (Å²) in [5, 5.41) is 4.22. The molecule has 0 saturated heterocycles. The lowest BCUT2D eigenvalue weighted by Gasteiger charge is -2.06. The van der Waals surface area contributed by atoms with Crippen molar-refractivity contribution < 1.29 is 9.53 Å². The third-order valence-electron chi connectivity index (χ3n) is 2.13. The molecule has 4 nitrogen and oxygen atoms in total. The first kappa shape index (κ1) is 11.9. The van der Waals surface area contributed by atoms with Crippen molar-refractivity contribution in [2.75, 3.05) is 6.61 Å². The number of aromatic nitrogens is 2. The highest BCUT2D eigenvalue weighted by molar-refractivity contribution is 5.95. The number of ether oxygens (including phenoxy) is 1. The molecule has 1 heterocycles. The zero-order valence-electron chi connectivity index (χ0n) is 9.78. The molecule has 0 atom stereocenters. The van der Waals surface area contributed by atoms with Crippen molar-refractivity contribution in [3.8, 4) is 0 Å². The Kier molecular flexibility index (Phi) is 4.03. The van der Waals surface area contributed by atoms with Crippen molar-refractivity contribution in [1.29, 1.82) is 0 Å². The van der Waals surface area contributed by atoms with Crippen molar-refractivity contribution in [2.24, 2.45) is 7.05 Å². The summed E-state index contributed by atoms with van der Waals surface area (Å²) in [5.74, 6) is -0.0154. The molecule has 0 bridgehead atoms. The molecule has 0 spiro atoms. The lowest BCUT2D eigenvalue weighted by molar-refractivity contribution is 0.0577. The molecule has 0 aliphatic heterocycles. The topological polar surface area (TPSA) is 44.1 Å². The fourth-order valence-corrected chi connectivity index (χ4v) is 1.28. The normalized spacial score (nSPS) is 11.0. The van der Waals surface area contributed by atoms with Gasteiger partial charge in [0.2, 0.25) is 5.78 Å². The number of hydrogen-bond donors (Lipinski definition) is 0. The molecular formula is C11H18N2O2. The molecule has 0 radical (unpaired) electrons. The van der Waals surface area contributed by atoms with Gasteiger partial charge in [-0.3, -0.25) is 9.48 Å². The van der Waals surface area contributed by atoms with E-state index in [1.54, 1.807) is 11.7 Å². The van der Waals surface area contributed by atoms with Gasteiger partial charge in [-0.1, -0.05) is 6.92 Å². The monoisotopic (exact) mass is 210 g/mol. The van der Waals surface area contributed by atoms with E-state index in [0.717, 1.165) is 12.1 Å². The Morgan fingerprint density at radius 2 is 2.27 bits per heavy atom. The van der Waals surface area contributed by atoms with Gasteiger partial charge in [-0.15, -0.1) is 0 Å². The zero-order chi connectivity index (χ0) is 11.4. The second-order valence-electron chi connectivity index (χ2n) is 3.78. The molecule has 0 amide bonds. The fraction of sp³-hybridized carbons (Fsp3) is 0.636. The maximum absolute atomic E-state index is 11.7. The van der Waals surface area contributed by atoms with Crippen molar-refractivity contribution in [2.45, 2.75) is 33.3 Å². The Labute approximate surface area is 90.2 Å². The van der Waals surface area contributed by atoms with Crippen LogP contribution in [0.5, 0.6) is 0 Å². The van der Waals surface area contributed by atoms with Crippen molar-refractivity contribution in [3.05, 3.63) is 17.5 Å². The van der Waals surface area contributed by atoms with E-state index >= 15 is 0 Å². The number of rotatable bonds is 5. The first-order valence-electron chi connectivity index (χ1n) is 5.22. The Morgan fingerprint density at radius 3 is 2.73 bits per heavy atom. The van der Waals surface area contributed by atoms with Gasteiger partial charge in [-0.2, -0.15) is 5.10 Å². The summed E-state index contributed by atoms with van der Waals surface area (Å²) >= 11 is 0. The van der Waals surface area contributed by atoms with Crippen LogP contribution in [-0.4, -0.2) is 28.3 Å². The average Bonchev–Trinajstić information content (AvgIpc) is 2.56. The first-order chi connectivity index (χ1) is 7.04. The van der Waals surface area contributed by atoms with E-state index in [2.05, 4.69) is 5.10 Å². The molecule has 0 aliphatic carbocycles. The van der Waals surface area contributed by atoms with Gasteiger partial charge >= 0.3 is 0 Å². The van der Waals surface area contributed by atoms with Crippen LogP contribution < -0.4 is 0 Å². The summed E-state index contributed by atoms with van der Waals surface area (Å²) in [5.41, 5.74) is 1.55. The minimum atomic E-state index is -0.0154. The van der Waals surface area contributed by atoms with Crippen LogP contribution in [-0.2, 0) is 18.2 Å². The second-order valence-corrected chi connectivity index (χ2v) is 3.78. The van der Waals surface area contributed by atoms with Gasteiger partial charge in [-0.25, -0.2) is 0 Å². The number of ketones is 1. The number of carbonyl (C=O) groups excluding carboxylic acids is 1. The predicted octanol–water partition coefficient (Wildman–Crippen LogP) is 1.59. The Morgan fingerprint density at radius 1 is 1.60 bits per heavy atom. The number of hydrogen-bond acceptors (Lipinski definition) is 3. The Hall–Kier alpha value is -1.16. The third-order valence-corrected chi connectivity index (χ3v) is 2.13. The lowest BCUT2D eigenvalue weighted by atomic mass is 10.2. The largest absolute Gasteiger partial charge is 0.371 e. The average molecular weight is 210 g/mol. The molecule has 0 N–H and O–H groups in total. The molecule has 0 fully saturated rings. The summed E-state index contributed by atoms with van der Waals surface area (Å²) in [6.07, 6.45) is 0.916. The van der Waals surface area contributed by atoms with E-state index in [0.29, 0.717) is 5.69 Å². The number of Topliss-reactive ketones (excluding diaryl/α,β-unsaturated/α-hetero) is 1. The van der Waals surface area contributed by atoms with E-state index in [9.17, 15) is 4.79 Å². The van der Waals surface area contributed by atoms with E-state index < -0.39 is 0 Å². The van der Waals surface area contributed by atoms with Gasteiger partial charge in [0.25, 0.3) is 0 Å². The quantitative estimate of drug-likeness (QED) is 0.693. The highest BCUT2D eigenvalue weighted by Gasteiger charge is 2.13. The van der Waals surface area contributed by atoms with E-state index in [4.69, 9.17) is 4.74 Å². The second kappa shape index (κ2) is 5.07. The fourth-order valence-electron chi connectivity index (χ4n) is 1.28. The van der Waals surface area contributed by atoms with Crippen LogP contribution in [0.4, 0.5) is 0 Å². The summed E-state index contributed by atoms with van der Waals surface area (Å²) in [6.45, 7) is 5.96. The molecule has 0 aromatic carbocycles. The van der Waals surface area contributed by atoms with Crippen LogP contribution in [0, 0.1) is 0 Å². The van der Waals surface area contributed by atoms with E-state index in [1.165, 1.54) is 0 Å². The highest BCUT2D eigenvalue weighted by Crippen LogP contribution is 2.05. The van der Waals surface area contributed by atoms with Crippen molar-refractivity contribution >= 4 is 5.78 Å². The molecule has 15 heavy (non-hydrogen) atoms. The summed E-state index contributed by atoms with van der Waals surface area (Å²) in [6, 6.07) is 1.83. The van der Waals surface area contributed by atoms with Crippen LogP contribution in [0.3, 0.4) is 0 Å². The maximum atomic E-state index is 11.7. The molecule has 4 heteroatoms. The van der Waals surface area contributed by atoms with Gasteiger partial charge in [0.15, 0.2) is 0 Å². The first-order valence-corrected chi connectivity index (χ1v) is 5.22. The summed E-state index contributed by atoms with van der Waals surface area (Å²) in [4.78, 5) is 11.7. The van der Waals surface area contributed by atoms with Gasteiger partial charge in [0.1, 0.15) is 12.3 Å². The van der Waals surface area contributed by atoms with Gasteiger partial charge < -0.3 is 4.74 Å². The highest BCUT2D eigenvalue weighted by atomic mass is 16.5. The molecule has 0 aliphatic rings. The molecular weight excluding hydrogens is 192 g/mol. The number of carbonyl (C=O) groups is 1. The Bertz CT molecular complexity index is 342. The van der Waals surface area contributed by atoms with Crippen LogP contribution in [0.15, 0.2) is 6.07 Å². The standard InChI is InChI=1S/C11H18N2O2/c1-5-9-6-10(13(4)12-9)11(14)7-15-8(2)3/h6,8H,5,7H2,1-4H3. The van der Waals surface area contributed by atoms with Crippen LogP contribution in [0.2, 0.25) is 0 Å². The smallest absolute Gasteiger partial charge is 0.206 e. The van der Waals surface area contributed by atoms with Gasteiger partial charge in [0, 0.05) is 7.05 Å². The maximum Gasteiger partial charge on any atom is 0.206 e. The molecule has 0 saturated carbocycles. The van der Waals surface area contributed by atoms with E-state index in [1.807, 2.05) is 26.8 Å². The van der Waals surface area contributed by atoms with Gasteiger partial charge in [-0.05, 0) is 26.3 Å². The number of aryl methyl sites for hydroxylation is 2. The molecule has 1 aromatic heterocycles. The molecule has 1 rings (SSSR count). The van der Waals surface area contributed by atoms with Gasteiger partial charge in [0.05, 0.1) is 11.8 Å². The van der Waals surface area contributed by atoms with E-state index in [-0.39, 0.29) is 18.5 Å². The summed E-state index contributed by atoms with van der Waals surface area (Å²) < 4.78 is 6.88. The molecule has 84 valence electrons. The SMILES string of the molecule is CCc1cc(C(=O)COC(C)C)n(C)n1. The van der Waals surface area contributed by atoms with Crippen LogP contribution in [0.1, 0.15) is 37.0 Å². The van der Waals surface area contributed by atoms with Crippen molar-refractivity contribution in [1.82, 2.24) is 9.78 Å².